The van der Waals surface area contributed by atoms with Crippen LogP contribution in [0, 0.1) is 27.7 Å². The van der Waals surface area contributed by atoms with Crippen molar-refractivity contribution in [2.24, 2.45) is 0 Å². The first-order valence-corrected chi connectivity index (χ1v) is 7.69. The zero-order chi connectivity index (χ0) is 15.1. The lowest BCUT2D eigenvalue weighted by Crippen LogP contribution is -2.04. The molecule has 21 heavy (non-hydrogen) atoms. The monoisotopic (exact) mass is 298 g/mol. The summed E-state index contributed by atoms with van der Waals surface area (Å²) < 4.78 is 2.00. The number of rotatable bonds is 2. The summed E-state index contributed by atoms with van der Waals surface area (Å²) in [5.74, 6) is 0. The smallest absolute Gasteiger partial charge is 0.180 e. The highest BCUT2D eigenvalue weighted by Gasteiger charge is 2.15. The van der Waals surface area contributed by atoms with Gasteiger partial charge in [0.15, 0.2) is 5.13 Å². The molecule has 108 valence electrons. The maximum absolute atomic E-state index is 5.73. The van der Waals surface area contributed by atoms with Crippen LogP contribution in [0.3, 0.4) is 0 Å². The summed E-state index contributed by atoms with van der Waals surface area (Å²) in [7, 11) is 0. The number of benzene rings is 1. The molecule has 0 aliphatic rings. The molecule has 0 atom stereocenters. The van der Waals surface area contributed by atoms with E-state index in [0.717, 1.165) is 22.6 Å². The molecule has 0 saturated heterocycles. The van der Waals surface area contributed by atoms with E-state index in [9.17, 15) is 0 Å². The van der Waals surface area contributed by atoms with E-state index in [2.05, 4.69) is 49.9 Å². The lowest BCUT2D eigenvalue weighted by atomic mass is 10.0. The lowest BCUT2D eigenvalue weighted by molar-refractivity contribution is 0.833. The Kier molecular flexibility index (Phi) is 3.29. The molecule has 2 aromatic heterocycles. The van der Waals surface area contributed by atoms with Crippen molar-refractivity contribution in [2.45, 2.75) is 27.7 Å². The largest absolute Gasteiger partial charge is 0.375 e. The van der Waals surface area contributed by atoms with Crippen molar-refractivity contribution in [1.29, 1.82) is 0 Å². The van der Waals surface area contributed by atoms with E-state index in [1.54, 1.807) is 0 Å². The van der Waals surface area contributed by atoms with Crippen LogP contribution in [-0.4, -0.2) is 14.8 Å². The first-order valence-electron chi connectivity index (χ1n) is 6.81. The quantitative estimate of drug-likeness (QED) is 0.782. The molecule has 1 aromatic carbocycles. The Morgan fingerprint density at radius 2 is 1.76 bits per heavy atom. The molecule has 5 heteroatoms. The van der Waals surface area contributed by atoms with E-state index in [0.29, 0.717) is 5.13 Å². The lowest BCUT2D eigenvalue weighted by Gasteiger charge is -2.13. The second-order valence-electron chi connectivity index (χ2n) is 5.37. The van der Waals surface area contributed by atoms with E-state index < -0.39 is 0 Å². The van der Waals surface area contributed by atoms with Gasteiger partial charge in [-0.3, -0.25) is 0 Å². The van der Waals surface area contributed by atoms with Gasteiger partial charge in [0, 0.05) is 10.9 Å². The molecule has 2 N–H and O–H groups in total. The fourth-order valence-corrected chi connectivity index (χ4v) is 3.37. The fraction of sp³-hybridized carbons (Fsp3) is 0.250. The summed E-state index contributed by atoms with van der Waals surface area (Å²) in [5.41, 5.74) is 13.6. The number of anilines is 1. The van der Waals surface area contributed by atoms with Crippen LogP contribution in [0.1, 0.15) is 22.4 Å². The van der Waals surface area contributed by atoms with Crippen molar-refractivity contribution in [3.63, 3.8) is 0 Å². The van der Waals surface area contributed by atoms with Gasteiger partial charge in [0.05, 0.1) is 23.3 Å². The van der Waals surface area contributed by atoms with E-state index in [4.69, 9.17) is 5.73 Å². The van der Waals surface area contributed by atoms with Crippen LogP contribution < -0.4 is 5.73 Å². The van der Waals surface area contributed by atoms with E-state index >= 15 is 0 Å². The molecule has 2 heterocycles. The van der Waals surface area contributed by atoms with Crippen LogP contribution in [0.5, 0.6) is 0 Å². The van der Waals surface area contributed by atoms with E-state index in [1.165, 1.54) is 28.0 Å². The van der Waals surface area contributed by atoms with Crippen LogP contribution >= 0.6 is 11.3 Å². The van der Waals surface area contributed by atoms with Crippen molar-refractivity contribution in [3.05, 3.63) is 46.1 Å². The molecule has 0 unspecified atom stereocenters. The number of aryl methyl sites for hydroxylation is 3. The molecule has 0 amide bonds. The summed E-state index contributed by atoms with van der Waals surface area (Å²) in [6, 6.07) is 4.37. The molecule has 3 aromatic rings. The van der Waals surface area contributed by atoms with Gasteiger partial charge < -0.3 is 5.73 Å². The van der Waals surface area contributed by atoms with Crippen LogP contribution in [-0.2, 0) is 0 Å². The molecular weight excluding hydrogens is 280 g/mol. The van der Waals surface area contributed by atoms with Crippen LogP contribution in [0.15, 0.2) is 23.7 Å². The number of hydrogen-bond acceptors (Lipinski definition) is 4. The van der Waals surface area contributed by atoms with Gasteiger partial charge in [-0.25, -0.2) is 9.67 Å². The molecule has 0 spiro atoms. The van der Waals surface area contributed by atoms with Gasteiger partial charge in [-0.05, 0) is 38.8 Å². The third-order valence-corrected chi connectivity index (χ3v) is 4.33. The first kappa shape index (κ1) is 13.8. The van der Waals surface area contributed by atoms with Crippen LogP contribution in [0.2, 0.25) is 0 Å². The first-order chi connectivity index (χ1) is 9.97. The number of nitrogens with zero attached hydrogens (tertiary/aromatic N) is 3. The molecule has 0 fully saturated rings. The maximum Gasteiger partial charge on any atom is 0.180 e. The summed E-state index contributed by atoms with van der Waals surface area (Å²) in [5, 5.41) is 7.12. The third kappa shape index (κ3) is 2.34. The number of nitrogen functional groups attached to an aromatic ring is 1. The van der Waals surface area contributed by atoms with Gasteiger partial charge in [-0.15, -0.1) is 11.3 Å². The highest BCUT2D eigenvalue weighted by molar-refractivity contribution is 7.13. The Bertz CT molecular complexity index is 791. The Hall–Kier alpha value is -2.14. The predicted molar refractivity (Wildman–Crippen MR) is 88.0 cm³/mol. The number of hydrogen-bond donors (Lipinski definition) is 1. The molecule has 0 aliphatic heterocycles. The summed E-state index contributed by atoms with van der Waals surface area (Å²) in [6.07, 6.45) is 1.86. The molecular formula is C16H18N4S. The summed E-state index contributed by atoms with van der Waals surface area (Å²) >= 11 is 1.45. The van der Waals surface area contributed by atoms with Gasteiger partial charge in [0.1, 0.15) is 0 Å². The standard InChI is InChI=1S/C16H18N4S/c1-9-5-10(2)15(11(3)6-9)20-12(4)13(7-18-20)14-8-21-16(17)19-14/h5-8H,1-4H3,(H2,17,19). The maximum atomic E-state index is 5.73. The minimum atomic E-state index is 0.583. The molecule has 0 aliphatic carbocycles. The Morgan fingerprint density at radius 1 is 1.10 bits per heavy atom. The van der Waals surface area contributed by atoms with Crippen molar-refractivity contribution in [1.82, 2.24) is 14.8 Å². The molecule has 0 radical (unpaired) electrons. The second kappa shape index (κ2) is 5.00. The zero-order valence-corrected chi connectivity index (χ0v) is 13.5. The van der Waals surface area contributed by atoms with E-state index in [-0.39, 0.29) is 0 Å². The minimum absolute atomic E-state index is 0.583. The van der Waals surface area contributed by atoms with Crippen LogP contribution in [0.4, 0.5) is 5.13 Å². The van der Waals surface area contributed by atoms with Gasteiger partial charge in [-0.1, -0.05) is 17.7 Å². The highest BCUT2D eigenvalue weighted by atomic mass is 32.1. The highest BCUT2D eigenvalue weighted by Crippen LogP contribution is 2.29. The minimum Gasteiger partial charge on any atom is -0.375 e. The topological polar surface area (TPSA) is 56.7 Å². The van der Waals surface area contributed by atoms with Crippen molar-refractivity contribution >= 4 is 16.5 Å². The van der Waals surface area contributed by atoms with Gasteiger partial charge in [0.2, 0.25) is 0 Å². The normalized spacial score (nSPS) is 11.0. The van der Waals surface area contributed by atoms with E-state index in [1.807, 2.05) is 16.3 Å². The number of aromatic nitrogens is 3. The average Bonchev–Trinajstić information content (AvgIpc) is 2.96. The summed E-state index contributed by atoms with van der Waals surface area (Å²) in [4.78, 5) is 4.35. The van der Waals surface area contributed by atoms with Crippen molar-refractivity contribution < 1.29 is 0 Å². The van der Waals surface area contributed by atoms with Gasteiger partial charge in [0.25, 0.3) is 0 Å². The predicted octanol–water partition coefficient (Wildman–Crippen LogP) is 3.81. The van der Waals surface area contributed by atoms with Gasteiger partial charge >= 0.3 is 0 Å². The van der Waals surface area contributed by atoms with Crippen LogP contribution in [0.25, 0.3) is 16.9 Å². The molecule has 3 rings (SSSR count). The SMILES string of the molecule is Cc1cc(C)c(-n2ncc(-c3csc(N)n3)c2C)c(C)c1. The number of nitrogens with two attached hydrogens (primary N) is 1. The number of thiazole rings is 1. The Balaban J connectivity index is 2.16. The van der Waals surface area contributed by atoms with Gasteiger partial charge in [-0.2, -0.15) is 5.10 Å². The Labute approximate surface area is 128 Å². The summed E-state index contributed by atoms with van der Waals surface area (Å²) in [6.45, 7) is 8.42. The average molecular weight is 298 g/mol. The fourth-order valence-electron chi connectivity index (χ4n) is 2.80. The third-order valence-electron chi connectivity index (χ3n) is 3.65. The van der Waals surface area contributed by atoms with Crippen molar-refractivity contribution in [2.75, 3.05) is 5.73 Å². The molecule has 0 bridgehead atoms. The Morgan fingerprint density at radius 3 is 2.33 bits per heavy atom. The zero-order valence-electron chi connectivity index (χ0n) is 12.6. The molecule has 0 saturated carbocycles. The molecule has 4 nitrogen and oxygen atoms in total. The second-order valence-corrected chi connectivity index (χ2v) is 6.26. The van der Waals surface area contributed by atoms with Crippen molar-refractivity contribution in [3.8, 4) is 16.9 Å².